The Morgan fingerprint density at radius 1 is 1.60 bits per heavy atom. The number of hydrogen-bond donors (Lipinski definition) is 2. The molecule has 3 N–H and O–H groups in total. The Kier molecular flexibility index (Phi) is 3.79. The maximum atomic E-state index is 11.7. The first kappa shape index (κ1) is 11.6. The van der Waals surface area contributed by atoms with Crippen molar-refractivity contribution in [1.29, 1.82) is 0 Å². The van der Waals surface area contributed by atoms with Gasteiger partial charge in [0.15, 0.2) is 0 Å². The summed E-state index contributed by atoms with van der Waals surface area (Å²) in [5.74, 6) is 0.955. The van der Waals surface area contributed by atoms with Gasteiger partial charge in [0.2, 0.25) is 5.82 Å². The second kappa shape index (κ2) is 4.88. The topological polar surface area (TPSA) is 87.9 Å². The van der Waals surface area contributed by atoms with Crippen LogP contribution in [0.5, 0.6) is 0 Å². The number of nitrogens with two attached hydrogens (primary N) is 1. The standard InChI is InChI=1S/C9H17N5O/c1-6(2)7-11-8(13-12-7)9(15)14(3)5-4-10/h6H,4-5,10H2,1-3H3,(H,11,12,13). The molecular formula is C9H17N5O. The SMILES string of the molecule is CC(C)c1nc(C(=O)N(C)CCN)n[nH]1. The molecule has 0 saturated heterocycles. The van der Waals surface area contributed by atoms with Crippen LogP contribution in [-0.4, -0.2) is 46.1 Å². The predicted octanol–water partition coefficient (Wildman–Crippen LogP) is -0.0412. The quantitative estimate of drug-likeness (QED) is 0.731. The Labute approximate surface area is 88.9 Å². The number of likely N-dealkylation sites (N-methyl/N-ethyl adjacent to an activating group) is 1. The molecule has 0 saturated carbocycles. The van der Waals surface area contributed by atoms with Crippen LogP contribution in [0.15, 0.2) is 0 Å². The van der Waals surface area contributed by atoms with E-state index in [1.807, 2.05) is 13.8 Å². The maximum absolute atomic E-state index is 11.7. The minimum absolute atomic E-state index is 0.203. The van der Waals surface area contributed by atoms with E-state index in [1.54, 1.807) is 7.05 Å². The zero-order chi connectivity index (χ0) is 11.4. The van der Waals surface area contributed by atoms with Crippen LogP contribution in [0.4, 0.5) is 0 Å². The first-order chi connectivity index (χ1) is 7.06. The van der Waals surface area contributed by atoms with E-state index in [0.29, 0.717) is 13.1 Å². The molecule has 1 aromatic heterocycles. The van der Waals surface area contributed by atoms with Crippen LogP contribution >= 0.6 is 0 Å². The van der Waals surface area contributed by atoms with Gasteiger partial charge in [0.05, 0.1) is 0 Å². The number of nitrogens with zero attached hydrogens (tertiary/aromatic N) is 3. The van der Waals surface area contributed by atoms with Crippen LogP contribution in [0.25, 0.3) is 0 Å². The first-order valence-corrected chi connectivity index (χ1v) is 4.94. The zero-order valence-electron chi connectivity index (χ0n) is 9.32. The second-order valence-corrected chi connectivity index (χ2v) is 3.71. The molecule has 0 fully saturated rings. The highest BCUT2D eigenvalue weighted by Crippen LogP contribution is 2.08. The van der Waals surface area contributed by atoms with Crippen LogP contribution in [0.3, 0.4) is 0 Å². The lowest BCUT2D eigenvalue weighted by atomic mass is 10.2. The van der Waals surface area contributed by atoms with Crippen molar-refractivity contribution >= 4 is 5.91 Å². The summed E-state index contributed by atoms with van der Waals surface area (Å²) in [5.41, 5.74) is 5.36. The van der Waals surface area contributed by atoms with Crippen LogP contribution in [-0.2, 0) is 0 Å². The van der Waals surface area contributed by atoms with Crippen molar-refractivity contribution in [1.82, 2.24) is 20.1 Å². The van der Waals surface area contributed by atoms with Gasteiger partial charge in [-0.15, -0.1) is 5.10 Å². The fourth-order valence-electron chi connectivity index (χ4n) is 1.09. The van der Waals surface area contributed by atoms with Crippen molar-refractivity contribution in [2.75, 3.05) is 20.1 Å². The van der Waals surface area contributed by atoms with Gasteiger partial charge in [0, 0.05) is 26.1 Å². The molecular weight excluding hydrogens is 194 g/mol. The highest BCUT2D eigenvalue weighted by atomic mass is 16.2. The van der Waals surface area contributed by atoms with Crippen molar-refractivity contribution in [2.45, 2.75) is 19.8 Å². The minimum Gasteiger partial charge on any atom is -0.338 e. The first-order valence-electron chi connectivity index (χ1n) is 4.94. The zero-order valence-corrected chi connectivity index (χ0v) is 9.32. The maximum Gasteiger partial charge on any atom is 0.293 e. The molecule has 6 nitrogen and oxygen atoms in total. The molecule has 84 valence electrons. The molecule has 6 heteroatoms. The van der Waals surface area contributed by atoms with E-state index in [0.717, 1.165) is 5.82 Å². The molecule has 0 radical (unpaired) electrons. The fraction of sp³-hybridized carbons (Fsp3) is 0.667. The molecule has 1 rings (SSSR count). The Hall–Kier alpha value is -1.43. The normalized spacial score (nSPS) is 10.7. The number of carbonyl (C=O) groups is 1. The molecule has 0 aliphatic heterocycles. The molecule has 0 aliphatic carbocycles. The van der Waals surface area contributed by atoms with E-state index in [4.69, 9.17) is 5.73 Å². The van der Waals surface area contributed by atoms with Gasteiger partial charge < -0.3 is 10.6 Å². The summed E-state index contributed by atoms with van der Waals surface area (Å²) in [7, 11) is 1.68. The van der Waals surface area contributed by atoms with Gasteiger partial charge in [-0.2, -0.15) is 0 Å². The minimum atomic E-state index is -0.205. The van der Waals surface area contributed by atoms with Gasteiger partial charge in [-0.25, -0.2) is 4.98 Å². The van der Waals surface area contributed by atoms with E-state index in [1.165, 1.54) is 4.90 Å². The summed E-state index contributed by atoms with van der Waals surface area (Å²) in [6.07, 6.45) is 0. The Balaban J connectivity index is 2.74. The Morgan fingerprint density at radius 3 is 2.73 bits per heavy atom. The average Bonchev–Trinajstić information content (AvgIpc) is 2.65. The van der Waals surface area contributed by atoms with Gasteiger partial charge in [-0.3, -0.25) is 9.89 Å². The number of amides is 1. The van der Waals surface area contributed by atoms with E-state index < -0.39 is 0 Å². The predicted molar refractivity (Wildman–Crippen MR) is 56.5 cm³/mol. The summed E-state index contributed by atoms with van der Waals surface area (Å²) < 4.78 is 0. The van der Waals surface area contributed by atoms with E-state index in [9.17, 15) is 4.79 Å². The van der Waals surface area contributed by atoms with Gasteiger partial charge >= 0.3 is 0 Å². The fourth-order valence-corrected chi connectivity index (χ4v) is 1.09. The van der Waals surface area contributed by atoms with Crippen molar-refractivity contribution in [3.8, 4) is 0 Å². The lowest BCUT2D eigenvalue weighted by Crippen LogP contribution is -2.32. The summed E-state index contributed by atoms with van der Waals surface area (Å²) >= 11 is 0. The van der Waals surface area contributed by atoms with Crippen LogP contribution in [0.1, 0.15) is 36.2 Å². The highest BCUT2D eigenvalue weighted by Gasteiger charge is 2.17. The number of aromatic nitrogens is 3. The third-order valence-electron chi connectivity index (χ3n) is 2.05. The van der Waals surface area contributed by atoms with E-state index in [-0.39, 0.29) is 17.6 Å². The lowest BCUT2D eigenvalue weighted by Gasteiger charge is -2.12. The number of hydrogen-bond acceptors (Lipinski definition) is 4. The number of carbonyl (C=O) groups excluding carboxylic acids is 1. The van der Waals surface area contributed by atoms with Gasteiger partial charge in [0.25, 0.3) is 5.91 Å². The Morgan fingerprint density at radius 2 is 2.27 bits per heavy atom. The third-order valence-corrected chi connectivity index (χ3v) is 2.05. The van der Waals surface area contributed by atoms with E-state index in [2.05, 4.69) is 15.2 Å². The summed E-state index contributed by atoms with van der Waals surface area (Å²) in [5, 5.41) is 6.62. The van der Waals surface area contributed by atoms with Gasteiger partial charge in [0.1, 0.15) is 5.82 Å². The highest BCUT2D eigenvalue weighted by molar-refractivity contribution is 5.90. The molecule has 0 spiro atoms. The number of rotatable bonds is 4. The summed E-state index contributed by atoms with van der Waals surface area (Å²) in [6.45, 7) is 4.91. The van der Waals surface area contributed by atoms with Crippen molar-refractivity contribution < 1.29 is 4.79 Å². The Bertz CT molecular complexity index is 333. The van der Waals surface area contributed by atoms with Gasteiger partial charge in [-0.05, 0) is 0 Å². The van der Waals surface area contributed by atoms with Crippen molar-refractivity contribution in [3.05, 3.63) is 11.6 Å². The second-order valence-electron chi connectivity index (χ2n) is 3.71. The largest absolute Gasteiger partial charge is 0.338 e. The monoisotopic (exact) mass is 211 g/mol. The number of nitrogens with one attached hydrogen (secondary N) is 1. The number of aromatic amines is 1. The molecule has 0 atom stereocenters. The molecule has 15 heavy (non-hydrogen) atoms. The van der Waals surface area contributed by atoms with Crippen LogP contribution in [0.2, 0.25) is 0 Å². The summed E-state index contributed by atoms with van der Waals surface area (Å²) in [6, 6.07) is 0. The molecule has 0 aromatic carbocycles. The molecule has 1 heterocycles. The molecule has 1 aromatic rings. The van der Waals surface area contributed by atoms with Crippen molar-refractivity contribution in [2.24, 2.45) is 5.73 Å². The summed E-state index contributed by atoms with van der Waals surface area (Å²) in [4.78, 5) is 17.3. The smallest absolute Gasteiger partial charge is 0.293 e. The average molecular weight is 211 g/mol. The molecule has 0 bridgehead atoms. The van der Waals surface area contributed by atoms with Crippen molar-refractivity contribution in [3.63, 3.8) is 0 Å². The molecule has 0 unspecified atom stereocenters. The molecule has 1 amide bonds. The van der Waals surface area contributed by atoms with E-state index >= 15 is 0 Å². The van der Waals surface area contributed by atoms with Crippen LogP contribution < -0.4 is 5.73 Å². The van der Waals surface area contributed by atoms with Crippen LogP contribution in [0, 0.1) is 0 Å². The molecule has 0 aliphatic rings. The number of H-pyrrole nitrogens is 1. The third kappa shape index (κ3) is 2.76. The van der Waals surface area contributed by atoms with Gasteiger partial charge in [-0.1, -0.05) is 13.8 Å². The lowest BCUT2D eigenvalue weighted by molar-refractivity contribution is 0.0787.